The molecule has 0 spiro atoms. The Hall–Kier alpha value is -2.85. The van der Waals surface area contributed by atoms with E-state index in [0.29, 0.717) is 25.4 Å². The summed E-state index contributed by atoms with van der Waals surface area (Å²) in [5.41, 5.74) is 1.68. The van der Waals surface area contributed by atoms with Crippen LogP contribution in [0.2, 0.25) is 0 Å². The molecule has 202 valence electrons. The molecule has 2 heterocycles. The molecule has 0 radical (unpaired) electrons. The second-order valence-corrected chi connectivity index (χ2v) is 11.1. The van der Waals surface area contributed by atoms with Gasteiger partial charge in [-0.25, -0.2) is 8.78 Å². The van der Waals surface area contributed by atoms with Gasteiger partial charge in [-0.05, 0) is 68.4 Å². The quantitative estimate of drug-likeness (QED) is 0.354. The van der Waals surface area contributed by atoms with Crippen molar-refractivity contribution in [1.29, 1.82) is 0 Å². The predicted molar refractivity (Wildman–Crippen MR) is 147 cm³/mol. The first-order valence-corrected chi connectivity index (χ1v) is 13.6. The average molecular weight is 541 g/mol. The van der Waals surface area contributed by atoms with Gasteiger partial charge in [-0.2, -0.15) is 0 Å². The summed E-state index contributed by atoms with van der Waals surface area (Å²) in [6.07, 6.45) is 4.30. The van der Waals surface area contributed by atoms with Gasteiger partial charge in [0.15, 0.2) is 0 Å². The fourth-order valence-corrected chi connectivity index (χ4v) is 6.10. The van der Waals surface area contributed by atoms with Crippen LogP contribution in [0, 0.1) is 11.6 Å². The van der Waals surface area contributed by atoms with E-state index in [1.807, 2.05) is 25.4 Å². The van der Waals surface area contributed by atoms with Crippen LogP contribution in [-0.4, -0.2) is 61.4 Å². The maximum absolute atomic E-state index is 13.7. The number of pyridine rings is 1. The van der Waals surface area contributed by atoms with Gasteiger partial charge in [-0.15, -0.1) is 11.8 Å². The second kappa shape index (κ2) is 12.3. The summed E-state index contributed by atoms with van der Waals surface area (Å²) in [4.78, 5) is 18.8. The number of halogens is 2. The number of hydrogen-bond donors (Lipinski definition) is 2. The number of likely N-dealkylation sites (N-methyl/N-ethyl adjacent to an activating group) is 1. The molecule has 2 aromatic carbocycles. The zero-order valence-electron chi connectivity index (χ0n) is 21.9. The number of hydrogen-bond acceptors (Lipinski definition) is 6. The molecule has 9 heteroatoms. The molecule has 1 fully saturated rings. The first-order valence-electron chi connectivity index (χ1n) is 12.6. The normalized spacial score (nSPS) is 19.6. The number of nitrogens with zero attached hydrogens (tertiary/aromatic N) is 2. The first kappa shape index (κ1) is 28.2. The number of carbonyl (C=O) groups is 1. The van der Waals surface area contributed by atoms with Gasteiger partial charge in [-0.3, -0.25) is 15.1 Å². The zero-order valence-corrected chi connectivity index (χ0v) is 22.7. The van der Waals surface area contributed by atoms with Crippen LogP contribution in [0.15, 0.2) is 73.1 Å². The Kier molecular flexibility index (Phi) is 9.15. The largest absolute Gasteiger partial charge is 0.367 e. The van der Waals surface area contributed by atoms with E-state index in [1.165, 1.54) is 24.3 Å². The van der Waals surface area contributed by atoms with Gasteiger partial charge in [0, 0.05) is 43.9 Å². The lowest BCUT2D eigenvalue weighted by atomic mass is 9.85. The zero-order chi connectivity index (χ0) is 27.2. The maximum atomic E-state index is 13.7. The highest BCUT2D eigenvalue weighted by Crippen LogP contribution is 2.39. The maximum Gasteiger partial charge on any atom is 0.238 e. The summed E-state index contributed by atoms with van der Waals surface area (Å²) < 4.78 is 33.4. The highest BCUT2D eigenvalue weighted by Gasteiger charge is 2.40. The molecule has 0 aliphatic carbocycles. The molecule has 1 amide bonds. The molecule has 2 N–H and O–H groups in total. The molecule has 1 aliphatic rings. The van der Waals surface area contributed by atoms with E-state index in [9.17, 15) is 13.6 Å². The van der Waals surface area contributed by atoms with Crippen LogP contribution in [0.1, 0.15) is 30.0 Å². The number of carbonyl (C=O) groups excluding carboxylic acids is 1. The highest BCUT2D eigenvalue weighted by molar-refractivity contribution is 8.00. The summed E-state index contributed by atoms with van der Waals surface area (Å²) in [7, 11) is 3.57. The lowest BCUT2D eigenvalue weighted by Gasteiger charge is -2.37. The van der Waals surface area contributed by atoms with Gasteiger partial charge in [0.2, 0.25) is 5.91 Å². The van der Waals surface area contributed by atoms with Crippen molar-refractivity contribution in [1.82, 2.24) is 20.5 Å². The van der Waals surface area contributed by atoms with E-state index in [2.05, 4.69) is 27.4 Å². The Bertz CT molecular complexity index is 1150. The minimum Gasteiger partial charge on any atom is -0.367 e. The van der Waals surface area contributed by atoms with E-state index in [4.69, 9.17) is 4.74 Å². The molecule has 2 atom stereocenters. The van der Waals surface area contributed by atoms with Crippen molar-refractivity contribution < 1.29 is 18.3 Å². The molecular weight excluding hydrogens is 506 g/mol. The minimum absolute atomic E-state index is 0.0170. The molecule has 3 aromatic rings. The lowest BCUT2D eigenvalue weighted by Crippen LogP contribution is -2.47. The van der Waals surface area contributed by atoms with Gasteiger partial charge in [-0.1, -0.05) is 30.3 Å². The Morgan fingerprint density at radius 1 is 1.16 bits per heavy atom. The molecule has 2 unspecified atom stereocenters. The van der Waals surface area contributed by atoms with Crippen molar-refractivity contribution in [3.05, 3.63) is 101 Å². The topological polar surface area (TPSA) is 66.5 Å². The summed E-state index contributed by atoms with van der Waals surface area (Å²) in [6.45, 7) is 3.75. The molecule has 38 heavy (non-hydrogen) atoms. The Balaban J connectivity index is 1.33. The Labute approximate surface area is 227 Å². The van der Waals surface area contributed by atoms with E-state index in [-0.39, 0.29) is 28.5 Å². The smallest absolute Gasteiger partial charge is 0.238 e. The van der Waals surface area contributed by atoms with Crippen molar-refractivity contribution >= 4 is 17.7 Å². The lowest BCUT2D eigenvalue weighted by molar-refractivity contribution is -0.122. The van der Waals surface area contributed by atoms with Gasteiger partial charge >= 0.3 is 0 Å². The van der Waals surface area contributed by atoms with E-state index in [0.717, 1.165) is 23.1 Å². The van der Waals surface area contributed by atoms with Crippen LogP contribution >= 0.6 is 11.8 Å². The monoisotopic (exact) mass is 540 g/mol. The van der Waals surface area contributed by atoms with Crippen LogP contribution < -0.4 is 10.6 Å². The van der Waals surface area contributed by atoms with Crippen molar-refractivity contribution in [2.75, 3.05) is 39.5 Å². The summed E-state index contributed by atoms with van der Waals surface area (Å²) in [5, 5.41) is 6.50. The fraction of sp³-hybridized carbons (Fsp3) is 0.379. The molecule has 1 aromatic heterocycles. The van der Waals surface area contributed by atoms with Crippen molar-refractivity contribution in [2.45, 2.75) is 29.9 Å². The van der Waals surface area contributed by atoms with Crippen LogP contribution in [0.4, 0.5) is 8.78 Å². The number of ether oxygens (including phenoxy) is 1. The molecule has 1 aliphatic heterocycles. The summed E-state index contributed by atoms with van der Waals surface area (Å²) in [5.74, 6) is -0.00428. The third-order valence-electron chi connectivity index (χ3n) is 7.00. The molecule has 0 saturated carbocycles. The Morgan fingerprint density at radius 2 is 1.79 bits per heavy atom. The van der Waals surface area contributed by atoms with Crippen molar-refractivity contribution in [2.24, 2.45) is 0 Å². The Morgan fingerprint density at radius 3 is 2.34 bits per heavy atom. The van der Waals surface area contributed by atoms with Crippen molar-refractivity contribution in [3.63, 3.8) is 0 Å². The number of amides is 1. The van der Waals surface area contributed by atoms with Crippen LogP contribution in [0.3, 0.4) is 0 Å². The summed E-state index contributed by atoms with van der Waals surface area (Å²) in [6, 6.07) is 16.0. The third-order valence-corrected chi connectivity index (χ3v) is 8.43. The molecular formula is C29H34F2N4O2S. The number of rotatable bonds is 11. The van der Waals surface area contributed by atoms with Gasteiger partial charge in [0.25, 0.3) is 0 Å². The predicted octanol–water partition coefficient (Wildman–Crippen LogP) is 4.27. The van der Waals surface area contributed by atoms with Gasteiger partial charge < -0.3 is 15.0 Å². The number of nitrogens with one attached hydrogen (secondary N) is 2. The van der Waals surface area contributed by atoms with Crippen molar-refractivity contribution in [3.8, 4) is 0 Å². The standard InChI is InChI=1S/C29H34F2N4O2S/c1-28(23-6-4-15-32-18-23)34-26(19-38-28)27(36)33-16-5-17-35(2)20-29(37-3,21-7-11-24(30)12-8-21)22-9-13-25(31)14-10-22/h4,6-15,18,26,34H,5,16-17,19-20H2,1-3H3,(H,33,36). The van der Waals surface area contributed by atoms with E-state index < -0.39 is 5.60 Å². The van der Waals surface area contributed by atoms with Gasteiger partial charge in [0.05, 0.1) is 10.9 Å². The van der Waals surface area contributed by atoms with Gasteiger partial charge in [0.1, 0.15) is 17.2 Å². The number of thioether (sulfide) groups is 1. The molecule has 1 saturated heterocycles. The SMILES string of the molecule is COC(CN(C)CCCNC(=O)C1CSC(C)(c2cccnc2)N1)(c1ccc(F)cc1)c1ccc(F)cc1. The second-order valence-electron chi connectivity index (χ2n) is 9.71. The number of aromatic nitrogens is 1. The van der Waals surface area contributed by atoms with E-state index in [1.54, 1.807) is 49.3 Å². The van der Waals surface area contributed by atoms with Crippen LogP contribution in [0.25, 0.3) is 0 Å². The minimum atomic E-state index is -0.916. The van der Waals surface area contributed by atoms with Crippen LogP contribution in [0.5, 0.6) is 0 Å². The molecule has 4 rings (SSSR count). The van der Waals surface area contributed by atoms with Crippen LogP contribution in [-0.2, 0) is 20.0 Å². The molecule has 6 nitrogen and oxygen atoms in total. The highest BCUT2D eigenvalue weighted by atomic mass is 32.2. The van der Waals surface area contributed by atoms with E-state index >= 15 is 0 Å². The average Bonchev–Trinajstić information content (AvgIpc) is 3.34. The molecule has 0 bridgehead atoms. The number of benzene rings is 2. The fourth-order valence-electron chi connectivity index (χ4n) is 4.85. The first-order chi connectivity index (χ1) is 18.3. The summed E-state index contributed by atoms with van der Waals surface area (Å²) >= 11 is 1.70. The third kappa shape index (κ3) is 6.40. The number of methoxy groups -OCH3 is 1.